The van der Waals surface area contributed by atoms with Crippen LogP contribution in [0.25, 0.3) is 0 Å². The molecule has 3 aromatic rings. The quantitative estimate of drug-likeness (QED) is 0.444. The second-order valence-electron chi connectivity index (χ2n) is 8.53. The second kappa shape index (κ2) is 12.0. The Morgan fingerprint density at radius 1 is 1.03 bits per heavy atom. The molecule has 0 aliphatic carbocycles. The average Bonchev–Trinajstić information content (AvgIpc) is 2.88. The number of nitrogens with one attached hydrogen (secondary N) is 2. The van der Waals surface area contributed by atoms with E-state index in [0.717, 1.165) is 11.3 Å². The lowest BCUT2D eigenvalue weighted by Gasteiger charge is -2.37. The minimum absolute atomic E-state index is 0.0669. The number of halogens is 2. The van der Waals surface area contributed by atoms with Crippen molar-refractivity contribution in [3.63, 3.8) is 0 Å². The van der Waals surface area contributed by atoms with Crippen molar-refractivity contribution in [3.8, 4) is 5.75 Å². The van der Waals surface area contributed by atoms with Gasteiger partial charge in [0.05, 0.1) is 16.9 Å². The van der Waals surface area contributed by atoms with E-state index in [1.165, 1.54) is 12.1 Å². The SMILES string of the molecule is Cc1cccc(OCC(=O)NC(=S)Nc2cc(Cl)ccc2N2CCN(C(=O)c3ccccc3F)CC2)c1. The third kappa shape index (κ3) is 6.96. The van der Waals surface area contributed by atoms with E-state index in [1.807, 2.05) is 31.2 Å². The molecule has 2 amide bonds. The molecular weight excluding hydrogens is 515 g/mol. The summed E-state index contributed by atoms with van der Waals surface area (Å²) in [6.07, 6.45) is 0. The summed E-state index contributed by atoms with van der Waals surface area (Å²) in [7, 11) is 0. The number of thiocarbonyl (C=S) groups is 1. The van der Waals surface area contributed by atoms with Crippen LogP contribution in [-0.2, 0) is 4.79 Å². The van der Waals surface area contributed by atoms with Gasteiger partial charge in [0.15, 0.2) is 11.7 Å². The molecule has 0 bridgehead atoms. The van der Waals surface area contributed by atoms with Crippen LogP contribution in [0.2, 0.25) is 5.02 Å². The molecule has 10 heteroatoms. The van der Waals surface area contributed by atoms with E-state index in [9.17, 15) is 14.0 Å². The van der Waals surface area contributed by atoms with Gasteiger partial charge in [0.2, 0.25) is 0 Å². The van der Waals surface area contributed by atoms with Gasteiger partial charge in [-0.2, -0.15) is 0 Å². The van der Waals surface area contributed by atoms with Gasteiger partial charge in [-0.05, 0) is 67.2 Å². The molecule has 0 atom stereocenters. The van der Waals surface area contributed by atoms with Gasteiger partial charge in [-0.1, -0.05) is 35.9 Å². The maximum absolute atomic E-state index is 14.1. The number of benzene rings is 3. The zero-order valence-corrected chi connectivity index (χ0v) is 21.7. The van der Waals surface area contributed by atoms with Gasteiger partial charge in [0, 0.05) is 31.2 Å². The number of amides is 2. The number of rotatable bonds is 6. The predicted octanol–water partition coefficient (Wildman–Crippen LogP) is 4.64. The normalized spacial score (nSPS) is 13.2. The van der Waals surface area contributed by atoms with E-state index < -0.39 is 11.7 Å². The van der Waals surface area contributed by atoms with Crippen LogP contribution in [0.1, 0.15) is 15.9 Å². The highest BCUT2D eigenvalue weighted by Crippen LogP contribution is 2.30. The highest BCUT2D eigenvalue weighted by molar-refractivity contribution is 7.80. The van der Waals surface area contributed by atoms with Crippen LogP contribution in [0, 0.1) is 12.7 Å². The first-order valence-electron chi connectivity index (χ1n) is 11.7. The molecule has 3 aromatic carbocycles. The third-order valence-electron chi connectivity index (χ3n) is 5.83. The molecule has 1 heterocycles. The lowest BCUT2D eigenvalue weighted by atomic mass is 10.1. The fourth-order valence-corrected chi connectivity index (χ4v) is 4.41. The minimum atomic E-state index is -0.529. The Hall–Kier alpha value is -3.69. The van der Waals surface area contributed by atoms with Gasteiger partial charge in [-0.15, -0.1) is 0 Å². The largest absolute Gasteiger partial charge is 0.484 e. The Bertz CT molecular complexity index is 1310. The Labute approximate surface area is 225 Å². The summed E-state index contributed by atoms with van der Waals surface area (Å²) in [6.45, 7) is 3.65. The summed E-state index contributed by atoms with van der Waals surface area (Å²) in [4.78, 5) is 28.8. The Morgan fingerprint density at radius 2 is 1.78 bits per heavy atom. The number of piperazine rings is 1. The average molecular weight is 541 g/mol. The molecule has 37 heavy (non-hydrogen) atoms. The summed E-state index contributed by atoms with van der Waals surface area (Å²) in [5.41, 5.74) is 2.53. The van der Waals surface area contributed by atoms with Crippen LogP contribution in [0.15, 0.2) is 66.7 Å². The highest BCUT2D eigenvalue weighted by atomic mass is 35.5. The maximum Gasteiger partial charge on any atom is 0.264 e. The number of nitrogens with zero attached hydrogens (tertiary/aromatic N) is 2. The summed E-state index contributed by atoms with van der Waals surface area (Å²) in [5.74, 6) is -0.662. The number of anilines is 2. The molecule has 0 saturated carbocycles. The van der Waals surface area contributed by atoms with Crippen LogP contribution < -0.4 is 20.3 Å². The van der Waals surface area contributed by atoms with E-state index in [4.69, 9.17) is 28.6 Å². The van der Waals surface area contributed by atoms with Crippen LogP contribution >= 0.6 is 23.8 Å². The van der Waals surface area contributed by atoms with Gasteiger partial charge in [-0.25, -0.2) is 4.39 Å². The summed E-state index contributed by atoms with van der Waals surface area (Å²) in [5, 5.41) is 6.26. The van der Waals surface area contributed by atoms with Crippen LogP contribution in [0.5, 0.6) is 5.75 Å². The zero-order chi connectivity index (χ0) is 26.4. The van der Waals surface area contributed by atoms with Gasteiger partial charge in [0.25, 0.3) is 11.8 Å². The molecule has 4 rings (SSSR count). The zero-order valence-electron chi connectivity index (χ0n) is 20.2. The third-order valence-corrected chi connectivity index (χ3v) is 6.27. The van der Waals surface area contributed by atoms with Crippen molar-refractivity contribution in [1.82, 2.24) is 10.2 Å². The van der Waals surface area contributed by atoms with E-state index in [0.29, 0.717) is 42.6 Å². The molecule has 192 valence electrons. The molecule has 0 unspecified atom stereocenters. The smallest absolute Gasteiger partial charge is 0.264 e. The van der Waals surface area contributed by atoms with Crippen LogP contribution in [0.3, 0.4) is 0 Å². The van der Waals surface area contributed by atoms with Gasteiger partial charge >= 0.3 is 0 Å². The van der Waals surface area contributed by atoms with Crippen LogP contribution in [-0.4, -0.2) is 54.6 Å². The van der Waals surface area contributed by atoms with Crippen molar-refractivity contribution in [3.05, 3.63) is 88.7 Å². The topological polar surface area (TPSA) is 73.9 Å². The molecule has 0 radical (unpaired) electrons. The molecule has 7 nitrogen and oxygen atoms in total. The van der Waals surface area contributed by atoms with E-state index in [1.54, 1.807) is 35.2 Å². The Morgan fingerprint density at radius 3 is 2.51 bits per heavy atom. The van der Waals surface area contributed by atoms with Crippen molar-refractivity contribution in [2.75, 3.05) is 43.0 Å². The maximum atomic E-state index is 14.1. The number of carbonyl (C=O) groups is 2. The monoisotopic (exact) mass is 540 g/mol. The van der Waals surface area contributed by atoms with Crippen molar-refractivity contribution < 1.29 is 18.7 Å². The number of carbonyl (C=O) groups excluding carboxylic acids is 2. The first kappa shape index (κ1) is 26.4. The van der Waals surface area contributed by atoms with Crippen molar-refractivity contribution in [2.24, 2.45) is 0 Å². The molecule has 0 aromatic heterocycles. The fourth-order valence-electron chi connectivity index (χ4n) is 4.01. The Balaban J connectivity index is 1.35. The number of hydrogen-bond acceptors (Lipinski definition) is 5. The van der Waals surface area contributed by atoms with Gasteiger partial charge < -0.3 is 19.9 Å². The lowest BCUT2D eigenvalue weighted by molar-refractivity contribution is -0.121. The minimum Gasteiger partial charge on any atom is -0.484 e. The second-order valence-corrected chi connectivity index (χ2v) is 9.37. The molecule has 1 fully saturated rings. The predicted molar refractivity (Wildman–Crippen MR) is 147 cm³/mol. The van der Waals surface area contributed by atoms with Crippen molar-refractivity contribution in [1.29, 1.82) is 0 Å². The molecule has 1 aliphatic heterocycles. The highest BCUT2D eigenvalue weighted by Gasteiger charge is 2.25. The molecular formula is C27H26ClFN4O3S. The van der Waals surface area contributed by atoms with Crippen molar-refractivity contribution >= 4 is 52.1 Å². The van der Waals surface area contributed by atoms with E-state index in [-0.39, 0.29) is 23.2 Å². The van der Waals surface area contributed by atoms with Gasteiger partial charge in [0.1, 0.15) is 11.6 Å². The summed E-state index contributed by atoms with van der Waals surface area (Å²) in [6, 6.07) is 18.7. The van der Waals surface area contributed by atoms with E-state index >= 15 is 0 Å². The number of ether oxygens (including phenoxy) is 1. The molecule has 2 N–H and O–H groups in total. The molecule has 0 spiro atoms. The van der Waals surface area contributed by atoms with E-state index in [2.05, 4.69) is 15.5 Å². The molecule has 1 aliphatic rings. The lowest BCUT2D eigenvalue weighted by Crippen LogP contribution is -2.49. The first-order chi connectivity index (χ1) is 17.8. The standard InChI is InChI=1S/C27H26ClFN4O3S/c1-18-5-4-6-20(15-18)36-17-25(34)31-27(37)30-23-16-19(28)9-10-24(23)32-11-13-33(14-12-32)26(35)21-7-2-3-8-22(21)29/h2-10,15-16H,11-14,17H2,1H3,(H2,30,31,34,37). The summed E-state index contributed by atoms with van der Waals surface area (Å²) >= 11 is 11.6. The van der Waals surface area contributed by atoms with Gasteiger partial charge in [-0.3, -0.25) is 14.9 Å². The fraction of sp³-hybridized carbons (Fsp3) is 0.222. The first-order valence-corrected chi connectivity index (χ1v) is 12.5. The van der Waals surface area contributed by atoms with Crippen LogP contribution in [0.4, 0.5) is 15.8 Å². The molecule has 1 saturated heterocycles. The Kier molecular flexibility index (Phi) is 8.58. The van der Waals surface area contributed by atoms with Crippen molar-refractivity contribution in [2.45, 2.75) is 6.92 Å². The number of aryl methyl sites for hydroxylation is 1. The number of hydrogen-bond donors (Lipinski definition) is 2. The summed E-state index contributed by atoms with van der Waals surface area (Å²) < 4.78 is 19.6.